The number of nitrogens with zero attached hydrogens (tertiary/aromatic N) is 1. The summed E-state index contributed by atoms with van der Waals surface area (Å²) in [5, 5.41) is 3.20. The Hall–Kier alpha value is -0.940. The van der Waals surface area contributed by atoms with E-state index in [1.807, 2.05) is 13.0 Å². The Labute approximate surface area is 110 Å². The van der Waals surface area contributed by atoms with Crippen molar-refractivity contribution in [3.63, 3.8) is 0 Å². The first-order valence-electron chi connectivity index (χ1n) is 6.29. The zero-order valence-corrected chi connectivity index (χ0v) is 11.4. The van der Waals surface area contributed by atoms with Crippen LogP contribution in [0.2, 0.25) is 0 Å². The van der Waals surface area contributed by atoms with Crippen molar-refractivity contribution in [3.05, 3.63) is 29.6 Å². The molecule has 5 heteroatoms. The molecule has 1 aliphatic heterocycles. The standard InChI is InChI=1S/C13H19FN2OS/c1-2-15-10-11-7-12(14)9-13(8-11)16-3-5-18(17)6-4-16/h7-9,15H,2-6,10H2,1H3. The summed E-state index contributed by atoms with van der Waals surface area (Å²) in [6, 6.07) is 5.14. The smallest absolute Gasteiger partial charge is 0.125 e. The monoisotopic (exact) mass is 270 g/mol. The highest BCUT2D eigenvalue weighted by Gasteiger charge is 2.16. The Bertz CT molecular complexity index is 429. The Kier molecular flexibility index (Phi) is 4.72. The first-order valence-corrected chi connectivity index (χ1v) is 7.78. The van der Waals surface area contributed by atoms with E-state index in [0.29, 0.717) is 18.1 Å². The van der Waals surface area contributed by atoms with Crippen LogP contribution in [0, 0.1) is 5.82 Å². The predicted octanol–water partition coefficient (Wildman–Crippen LogP) is 1.50. The fourth-order valence-corrected chi connectivity index (χ4v) is 3.14. The minimum Gasteiger partial charge on any atom is -0.370 e. The number of nitrogens with one attached hydrogen (secondary N) is 1. The van der Waals surface area contributed by atoms with Crippen LogP contribution >= 0.6 is 0 Å². The summed E-state index contributed by atoms with van der Waals surface area (Å²) < 4.78 is 24.9. The van der Waals surface area contributed by atoms with E-state index in [-0.39, 0.29) is 5.82 Å². The number of anilines is 1. The second kappa shape index (κ2) is 6.29. The minimum atomic E-state index is -0.698. The maximum Gasteiger partial charge on any atom is 0.125 e. The number of halogens is 1. The van der Waals surface area contributed by atoms with Crippen molar-refractivity contribution in [2.45, 2.75) is 13.5 Å². The van der Waals surface area contributed by atoms with Crippen LogP contribution < -0.4 is 10.2 Å². The molecule has 0 saturated carbocycles. The molecule has 1 aromatic carbocycles. The molecule has 18 heavy (non-hydrogen) atoms. The third-order valence-corrected chi connectivity index (χ3v) is 4.34. The van der Waals surface area contributed by atoms with Gasteiger partial charge < -0.3 is 10.2 Å². The highest BCUT2D eigenvalue weighted by molar-refractivity contribution is 7.85. The van der Waals surface area contributed by atoms with Gasteiger partial charge in [0.25, 0.3) is 0 Å². The molecule has 1 aromatic rings. The van der Waals surface area contributed by atoms with Crippen molar-refractivity contribution >= 4 is 16.5 Å². The van der Waals surface area contributed by atoms with E-state index in [4.69, 9.17) is 0 Å². The molecule has 1 saturated heterocycles. The number of hydrogen-bond acceptors (Lipinski definition) is 3. The van der Waals surface area contributed by atoms with Crippen LogP contribution in [0.5, 0.6) is 0 Å². The van der Waals surface area contributed by atoms with Crippen LogP contribution in [-0.2, 0) is 17.3 Å². The molecule has 0 radical (unpaired) electrons. The Morgan fingerprint density at radius 2 is 2.06 bits per heavy atom. The lowest BCUT2D eigenvalue weighted by Crippen LogP contribution is -2.37. The molecule has 0 atom stereocenters. The van der Waals surface area contributed by atoms with Gasteiger partial charge in [-0.05, 0) is 30.3 Å². The van der Waals surface area contributed by atoms with Crippen molar-refractivity contribution in [1.29, 1.82) is 0 Å². The zero-order chi connectivity index (χ0) is 13.0. The summed E-state index contributed by atoms with van der Waals surface area (Å²) in [7, 11) is -0.698. The van der Waals surface area contributed by atoms with E-state index in [1.165, 1.54) is 0 Å². The second-order valence-electron chi connectivity index (χ2n) is 4.43. The molecule has 3 nitrogen and oxygen atoms in total. The van der Waals surface area contributed by atoms with Gasteiger partial charge in [-0.15, -0.1) is 0 Å². The number of rotatable bonds is 4. The van der Waals surface area contributed by atoms with Gasteiger partial charge in [-0.2, -0.15) is 0 Å². The summed E-state index contributed by atoms with van der Waals surface area (Å²) in [6.45, 7) is 5.07. The quantitative estimate of drug-likeness (QED) is 0.900. The number of hydrogen-bond donors (Lipinski definition) is 1. The molecular weight excluding hydrogens is 251 g/mol. The summed E-state index contributed by atoms with van der Waals surface area (Å²) in [5.41, 5.74) is 1.86. The maximum absolute atomic E-state index is 13.6. The molecule has 1 fully saturated rings. The first kappa shape index (κ1) is 13.5. The predicted molar refractivity (Wildman–Crippen MR) is 73.9 cm³/mol. The average Bonchev–Trinajstić information content (AvgIpc) is 2.36. The van der Waals surface area contributed by atoms with Crippen LogP contribution in [0.15, 0.2) is 18.2 Å². The third kappa shape index (κ3) is 3.53. The first-order chi connectivity index (χ1) is 8.69. The molecule has 0 bridgehead atoms. The zero-order valence-electron chi connectivity index (χ0n) is 10.6. The Morgan fingerprint density at radius 1 is 1.33 bits per heavy atom. The Balaban J connectivity index is 2.11. The SMILES string of the molecule is CCNCc1cc(F)cc(N2CCS(=O)CC2)c1. The average molecular weight is 270 g/mol. The fraction of sp³-hybridized carbons (Fsp3) is 0.538. The third-order valence-electron chi connectivity index (χ3n) is 3.06. The van der Waals surface area contributed by atoms with Gasteiger partial charge in [-0.1, -0.05) is 6.92 Å². The van der Waals surface area contributed by atoms with Crippen LogP contribution in [0.25, 0.3) is 0 Å². The van der Waals surface area contributed by atoms with E-state index < -0.39 is 10.8 Å². The summed E-state index contributed by atoms with van der Waals surface area (Å²) >= 11 is 0. The lowest BCUT2D eigenvalue weighted by molar-refractivity contribution is 0.620. The van der Waals surface area contributed by atoms with Crippen molar-refractivity contribution < 1.29 is 8.60 Å². The highest BCUT2D eigenvalue weighted by atomic mass is 32.2. The van der Waals surface area contributed by atoms with Crippen molar-refractivity contribution in [3.8, 4) is 0 Å². The van der Waals surface area contributed by atoms with Crippen LogP contribution in [0.1, 0.15) is 12.5 Å². The molecule has 1 N–H and O–H groups in total. The van der Waals surface area contributed by atoms with E-state index in [0.717, 1.165) is 30.9 Å². The van der Waals surface area contributed by atoms with Gasteiger partial charge in [0.2, 0.25) is 0 Å². The maximum atomic E-state index is 13.6. The minimum absolute atomic E-state index is 0.202. The summed E-state index contributed by atoms with van der Waals surface area (Å²) in [6.07, 6.45) is 0. The molecular formula is C13H19FN2OS. The largest absolute Gasteiger partial charge is 0.370 e. The van der Waals surface area contributed by atoms with Crippen LogP contribution in [0.4, 0.5) is 10.1 Å². The fourth-order valence-electron chi connectivity index (χ4n) is 2.08. The van der Waals surface area contributed by atoms with Crippen LogP contribution in [-0.4, -0.2) is 35.3 Å². The van der Waals surface area contributed by atoms with Gasteiger partial charge in [0.05, 0.1) is 0 Å². The van der Waals surface area contributed by atoms with E-state index in [2.05, 4.69) is 10.2 Å². The lowest BCUT2D eigenvalue weighted by Gasteiger charge is -2.28. The molecule has 0 aliphatic carbocycles. The lowest BCUT2D eigenvalue weighted by atomic mass is 10.1. The molecule has 0 spiro atoms. The summed E-state index contributed by atoms with van der Waals surface area (Å²) in [4.78, 5) is 2.11. The summed E-state index contributed by atoms with van der Waals surface area (Å²) in [5.74, 6) is 1.16. The topological polar surface area (TPSA) is 32.3 Å². The number of benzene rings is 1. The van der Waals surface area contributed by atoms with Gasteiger partial charge in [-0.25, -0.2) is 4.39 Å². The molecule has 0 unspecified atom stereocenters. The van der Waals surface area contributed by atoms with E-state index in [1.54, 1.807) is 12.1 Å². The van der Waals surface area contributed by atoms with Gasteiger partial charge in [0.15, 0.2) is 0 Å². The molecule has 0 aromatic heterocycles. The molecule has 0 amide bonds. The van der Waals surface area contributed by atoms with E-state index >= 15 is 0 Å². The van der Waals surface area contributed by atoms with E-state index in [9.17, 15) is 8.60 Å². The molecule has 2 rings (SSSR count). The molecule has 1 heterocycles. The molecule has 100 valence electrons. The van der Waals surface area contributed by atoms with Gasteiger partial charge in [-0.3, -0.25) is 4.21 Å². The van der Waals surface area contributed by atoms with Crippen molar-refractivity contribution in [1.82, 2.24) is 5.32 Å². The second-order valence-corrected chi connectivity index (χ2v) is 6.13. The highest BCUT2D eigenvalue weighted by Crippen LogP contribution is 2.20. The van der Waals surface area contributed by atoms with Gasteiger partial charge in [0, 0.05) is 47.6 Å². The molecule has 1 aliphatic rings. The Morgan fingerprint density at radius 3 is 2.72 bits per heavy atom. The van der Waals surface area contributed by atoms with Gasteiger partial charge >= 0.3 is 0 Å². The normalized spacial score (nSPS) is 17.1. The van der Waals surface area contributed by atoms with Crippen LogP contribution in [0.3, 0.4) is 0 Å². The van der Waals surface area contributed by atoms with Crippen molar-refractivity contribution in [2.75, 3.05) is 36.0 Å². The van der Waals surface area contributed by atoms with Gasteiger partial charge in [0.1, 0.15) is 5.82 Å². The van der Waals surface area contributed by atoms with Crippen molar-refractivity contribution in [2.24, 2.45) is 0 Å².